The van der Waals surface area contributed by atoms with E-state index in [9.17, 15) is 14.4 Å². The van der Waals surface area contributed by atoms with E-state index >= 15 is 0 Å². The second-order valence-electron chi connectivity index (χ2n) is 6.76. The summed E-state index contributed by atoms with van der Waals surface area (Å²) in [6.45, 7) is 0.252. The minimum absolute atomic E-state index is 0.101. The average Bonchev–Trinajstić information content (AvgIpc) is 3.07. The smallest absolute Gasteiger partial charge is 0.338 e. The number of anilines is 1. The molecule has 1 aromatic carbocycles. The zero-order valence-electron chi connectivity index (χ0n) is 16.4. The van der Waals surface area contributed by atoms with Gasteiger partial charge in [0.2, 0.25) is 0 Å². The van der Waals surface area contributed by atoms with Crippen molar-refractivity contribution >= 4 is 22.8 Å². The van der Waals surface area contributed by atoms with Gasteiger partial charge in [0.25, 0.3) is 5.56 Å². The molecule has 2 heterocycles. The summed E-state index contributed by atoms with van der Waals surface area (Å²) in [6, 6.07) is 7.12. The number of carbonyl (C=O) groups is 1. The lowest BCUT2D eigenvalue weighted by molar-refractivity contribution is 0.0495. The van der Waals surface area contributed by atoms with Gasteiger partial charge in [0.15, 0.2) is 11.2 Å². The number of nitrogens with zero attached hydrogens (tertiary/aromatic N) is 5. The van der Waals surface area contributed by atoms with Gasteiger partial charge in [-0.05, 0) is 24.6 Å². The third kappa shape index (κ3) is 3.55. The van der Waals surface area contributed by atoms with Crippen molar-refractivity contribution < 1.29 is 9.53 Å². The van der Waals surface area contributed by atoms with Crippen LogP contribution in [0.2, 0.25) is 0 Å². The fraction of sp³-hybridized carbons (Fsp3) is 0.368. The molecule has 0 saturated heterocycles. The van der Waals surface area contributed by atoms with Gasteiger partial charge in [-0.2, -0.15) is 0 Å². The zero-order chi connectivity index (χ0) is 20.4. The van der Waals surface area contributed by atoms with Crippen LogP contribution in [0.3, 0.4) is 0 Å². The van der Waals surface area contributed by atoms with Crippen LogP contribution in [-0.4, -0.2) is 45.4 Å². The van der Waals surface area contributed by atoms with Crippen LogP contribution >= 0.6 is 0 Å². The molecule has 0 N–H and O–H groups in total. The monoisotopic (exact) mass is 385 g/mol. The first-order chi connectivity index (χ1) is 13.3. The van der Waals surface area contributed by atoms with Gasteiger partial charge in [0.05, 0.1) is 18.5 Å². The van der Waals surface area contributed by atoms with Gasteiger partial charge in [0, 0.05) is 40.4 Å². The van der Waals surface area contributed by atoms with Crippen molar-refractivity contribution in [3.8, 4) is 0 Å². The summed E-state index contributed by atoms with van der Waals surface area (Å²) in [5.41, 5.74) is 1.22. The third-order valence-corrected chi connectivity index (χ3v) is 4.56. The second kappa shape index (κ2) is 7.71. The van der Waals surface area contributed by atoms with Crippen LogP contribution in [0.25, 0.3) is 11.2 Å². The van der Waals surface area contributed by atoms with Gasteiger partial charge in [-0.15, -0.1) is 0 Å². The van der Waals surface area contributed by atoms with Gasteiger partial charge in [-0.1, -0.05) is 6.07 Å². The molecular formula is C19H23N5O4. The maximum absolute atomic E-state index is 12.6. The van der Waals surface area contributed by atoms with E-state index in [2.05, 4.69) is 4.98 Å². The van der Waals surface area contributed by atoms with E-state index in [0.717, 1.165) is 10.3 Å². The Hall–Kier alpha value is -3.36. The molecule has 0 aliphatic carbocycles. The SMILES string of the molecule is CN(C)c1cccc(C(=O)OCCCn2c(=O)c3c(ncn3C)n(C)c2=O)c1. The molecule has 0 spiro atoms. The molecule has 9 nitrogen and oxygen atoms in total. The standard InChI is InChI=1S/C19H23N5O4/c1-21(2)14-8-5-7-13(11-14)18(26)28-10-6-9-24-17(25)15-16(20-12-22(15)3)23(4)19(24)27/h5,7-8,11-12H,6,9-10H2,1-4H3. The van der Waals surface area contributed by atoms with Gasteiger partial charge >= 0.3 is 11.7 Å². The van der Waals surface area contributed by atoms with E-state index in [4.69, 9.17) is 4.74 Å². The Kier molecular flexibility index (Phi) is 5.34. The normalized spacial score (nSPS) is 11.0. The first-order valence-electron chi connectivity index (χ1n) is 8.86. The summed E-state index contributed by atoms with van der Waals surface area (Å²) in [4.78, 5) is 43.2. The van der Waals surface area contributed by atoms with Crippen molar-refractivity contribution in [2.24, 2.45) is 14.1 Å². The molecule has 2 aromatic heterocycles. The first kappa shape index (κ1) is 19.4. The Balaban J connectivity index is 1.68. The van der Waals surface area contributed by atoms with E-state index in [0.29, 0.717) is 23.1 Å². The van der Waals surface area contributed by atoms with Crippen LogP contribution in [0.15, 0.2) is 40.2 Å². The number of hydrogen-bond acceptors (Lipinski definition) is 6. The van der Waals surface area contributed by atoms with Gasteiger partial charge < -0.3 is 14.2 Å². The molecule has 0 unspecified atom stereocenters. The minimum Gasteiger partial charge on any atom is -0.462 e. The molecule has 0 saturated carbocycles. The second-order valence-corrected chi connectivity index (χ2v) is 6.76. The van der Waals surface area contributed by atoms with Crippen molar-refractivity contribution in [3.05, 3.63) is 57.0 Å². The molecule has 3 rings (SSSR count). The molecule has 3 aromatic rings. The van der Waals surface area contributed by atoms with E-state index in [1.165, 1.54) is 10.9 Å². The molecule has 148 valence electrons. The van der Waals surface area contributed by atoms with E-state index < -0.39 is 17.2 Å². The third-order valence-electron chi connectivity index (χ3n) is 4.56. The number of imidazole rings is 1. The van der Waals surface area contributed by atoms with Gasteiger partial charge in [0.1, 0.15) is 0 Å². The summed E-state index contributed by atoms with van der Waals surface area (Å²) >= 11 is 0. The number of aryl methyl sites for hydroxylation is 2. The Morgan fingerprint density at radius 2 is 1.96 bits per heavy atom. The lowest BCUT2D eigenvalue weighted by Gasteiger charge is -2.13. The molecule has 0 aliphatic rings. The lowest BCUT2D eigenvalue weighted by Crippen LogP contribution is -2.39. The van der Waals surface area contributed by atoms with Crippen molar-refractivity contribution in [1.82, 2.24) is 18.7 Å². The average molecular weight is 385 g/mol. The predicted octanol–water partition coefficient (Wildman–Crippen LogP) is 0.747. The number of carbonyl (C=O) groups excluding carboxylic acids is 1. The number of fused-ring (bicyclic) bond motifs is 1. The highest BCUT2D eigenvalue weighted by Crippen LogP contribution is 2.14. The molecule has 0 atom stereocenters. The molecule has 0 bridgehead atoms. The number of esters is 1. The summed E-state index contributed by atoms with van der Waals surface area (Å²) in [6.07, 6.45) is 1.84. The van der Waals surface area contributed by atoms with Crippen molar-refractivity contribution in [2.45, 2.75) is 13.0 Å². The van der Waals surface area contributed by atoms with Crippen LogP contribution in [-0.2, 0) is 25.4 Å². The molecule has 0 amide bonds. The van der Waals surface area contributed by atoms with E-state index in [1.807, 2.05) is 25.1 Å². The number of hydrogen-bond donors (Lipinski definition) is 0. The Morgan fingerprint density at radius 3 is 2.68 bits per heavy atom. The molecule has 0 fully saturated rings. The fourth-order valence-electron chi connectivity index (χ4n) is 2.98. The highest BCUT2D eigenvalue weighted by molar-refractivity contribution is 5.90. The largest absolute Gasteiger partial charge is 0.462 e. The number of rotatable bonds is 6. The maximum atomic E-state index is 12.6. The molecule has 28 heavy (non-hydrogen) atoms. The van der Waals surface area contributed by atoms with Crippen molar-refractivity contribution in [2.75, 3.05) is 25.6 Å². The van der Waals surface area contributed by atoms with Crippen molar-refractivity contribution in [3.63, 3.8) is 0 Å². The zero-order valence-corrected chi connectivity index (χ0v) is 16.4. The van der Waals surface area contributed by atoms with Crippen LogP contribution in [0.1, 0.15) is 16.8 Å². The highest BCUT2D eigenvalue weighted by Gasteiger charge is 2.15. The van der Waals surface area contributed by atoms with Gasteiger partial charge in [-0.3, -0.25) is 13.9 Å². The topological polar surface area (TPSA) is 91.4 Å². The summed E-state index contributed by atoms with van der Waals surface area (Å²) in [5.74, 6) is -0.439. The summed E-state index contributed by atoms with van der Waals surface area (Å²) in [7, 11) is 7.06. The van der Waals surface area contributed by atoms with Crippen LogP contribution in [0.4, 0.5) is 5.69 Å². The predicted molar refractivity (Wildman–Crippen MR) is 106 cm³/mol. The number of benzene rings is 1. The molecule has 0 radical (unpaired) electrons. The Bertz CT molecular complexity index is 1140. The minimum atomic E-state index is -0.443. The summed E-state index contributed by atoms with van der Waals surface area (Å²) < 4.78 is 9.37. The van der Waals surface area contributed by atoms with Crippen LogP contribution in [0, 0.1) is 0 Å². The van der Waals surface area contributed by atoms with Crippen LogP contribution < -0.4 is 16.1 Å². The quantitative estimate of drug-likeness (QED) is 0.459. The van der Waals surface area contributed by atoms with Gasteiger partial charge in [-0.25, -0.2) is 14.6 Å². The maximum Gasteiger partial charge on any atom is 0.338 e. The van der Waals surface area contributed by atoms with E-state index in [1.54, 1.807) is 36.9 Å². The lowest BCUT2D eigenvalue weighted by atomic mass is 10.2. The fourth-order valence-corrected chi connectivity index (χ4v) is 2.98. The first-order valence-corrected chi connectivity index (χ1v) is 8.86. The van der Waals surface area contributed by atoms with E-state index in [-0.39, 0.29) is 13.2 Å². The number of ether oxygens (including phenoxy) is 1. The molecule has 0 aliphatic heterocycles. The van der Waals surface area contributed by atoms with Crippen LogP contribution in [0.5, 0.6) is 0 Å². The number of aromatic nitrogens is 4. The van der Waals surface area contributed by atoms with Crippen molar-refractivity contribution in [1.29, 1.82) is 0 Å². The Morgan fingerprint density at radius 1 is 1.21 bits per heavy atom. The Labute approximate surface area is 161 Å². The highest BCUT2D eigenvalue weighted by atomic mass is 16.5. The summed E-state index contributed by atoms with van der Waals surface area (Å²) in [5, 5.41) is 0. The molecule has 9 heteroatoms. The molecular weight excluding hydrogens is 362 g/mol.